The Labute approximate surface area is 71.1 Å². The van der Waals surface area contributed by atoms with Crippen molar-refractivity contribution in [2.75, 3.05) is 0 Å². The Kier molecular flexibility index (Phi) is 4.73. The second kappa shape index (κ2) is 5.33. The Morgan fingerprint density at radius 3 is 2.83 bits per heavy atom. The van der Waals surface area contributed by atoms with Crippen LogP contribution in [0.2, 0.25) is 0 Å². The van der Waals surface area contributed by atoms with Gasteiger partial charge in [-0.2, -0.15) is 5.26 Å². The molecule has 4 heteroatoms. The summed E-state index contributed by atoms with van der Waals surface area (Å²) in [6, 6.07) is 1.53. The summed E-state index contributed by atoms with van der Waals surface area (Å²) in [6.45, 7) is 4.98. The molecule has 12 heavy (non-hydrogen) atoms. The fourth-order valence-electron chi connectivity index (χ4n) is 0.546. The fraction of sp³-hybridized carbons (Fsp3) is 0.500. The molecular weight excluding hydrogens is 158 g/mol. The van der Waals surface area contributed by atoms with E-state index in [4.69, 9.17) is 10.4 Å². The van der Waals surface area contributed by atoms with Gasteiger partial charge in [-0.25, -0.2) is 4.79 Å². The van der Waals surface area contributed by atoms with Gasteiger partial charge in [-0.05, 0) is 0 Å². The van der Waals surface area contributed by atoms with E-state index in [0.29, 0.717) is 12.8 Å². The topological polar surface area (TPSA) is 70.3 Å². The number of ether oxygens (including phenoxy) is 1. The first-order chi connectivity index (χ1) is 5.61. The first kappa shape index (κ1) is 10.7. The zero-order chi connectivity index (χ0) is 9.56. The molecule has 1 N–H and O–H groups in total. The number of rotatable bonds is 4. The standard InChI is InChI=1S/C8H11NO3/c1-3-4-7(10)12-8(11)6(2)5-9/h7,10H,2-4H2,1H3. The van der Waals surface area contributed by atoms with Crippen molar-refractivity contribution < 1.29 is 14.6 Å². The quantitative estimate of drug-likeness (QED) is 0.291. The molecule has 0 aromatic heterocycles. The minimum Gasteiger partial charge on any atom is -0.432 e. The highest BCUT2D eigenvalue weighted by atomic mass is 16.6. The molecule has 0 saturated heterocycles. The van der Waals surface area contributed by atoms with Gasteiger partial charge < -0.3 is 9.84 Å². The number of aliphatic hydroxyl groups excluding tert-OH is 1. The van der Waals surface area contributed by atoms with Crippen molar-refractivity contribution in [1.29, 1.82) is 5.26 Å². The van der Waals surface area contributed by atoms with Crippen LogP contribution in [0.15, 0.2) is 12.2 Å². The number of carbonyl (C=O) groups is 1. The first-order valence-corrected chi connectivity index (χ1v) is 3.59. The molecular formula is C8H11NO3. The molecule has 0 aliphatic rings. The SMILES string of the molecule is C=C(C#N)C(=O)OC(O)CCC. The molecule has 0 saturated carbocycles. The highest BCUT2D eigenvalue weighted by molar-refractivity contribution is 5.91. The summed E-state index contributed by atoms with van der Waals surface area (Å²) in [5.41, 5.74) is -0.301. The summed E-state index contributed by atoms with van der Waals surface area (Å²) in [5, 5.41) is 17.2. The maximum atomic E-state index is 10.8. The number of hydrogen-bond acceptors (Lipinski definition) is 4. The molecule has 0 aromatic carbocycles. The van der Waals surface area contributed by atoms with Gasteiger partial charge in [-0.3, -0.25) is 0 Å². The molecule has 4 nitrogen and oxygen atoms in total. The fourth-order valence-corrected chi connectivity index (χ4v) is 0.546. The Morgan fingerprint density at radius 2 is 2.42 bits per heavy atom. The average molecular weight is 169 g/mol. The predicted octanol–water partition coefficient (Wildman–Crippen LogP) is 0.728. The lowest BCUT2D eigenvalue weighted by Gasteiger charge is -2.09. The molecule has 0 aliphatic heterocycles. The van der Waals surface area contributed by atoms with Crippen LogP contribution < -0.4 is 0 Å². The largest absolute Gasteiger partial charge is 0.432 e. The molecule has 0 heterocycles. The van der Waals surface area contributed by atoms with Crippen LogP contribution in [-0.4, -0.2) is 17.4 Å². The molecule has 0 aliphatic carbocycles. The molecule has 0 aromatic rings. The van der Waals surface area contributed by atoms with Gasteiger partial charge in [0.05, 0.1) is 0 Å². The van der Waals surface area contributed by atoms with Gasteiger partial charge in [0, 0.05) is 6.42 Å². The molecule has 0 spiro atoms. The number of carbonyl (C=O) groups excluding carboxylic acids is 1. The molecule has 0 amide bonds. The second-order valence-electron chi connectivity index (χ2n) is 2.24. The van der Waals surface area contributed by atoms with Gasteiger partial charge in [0.2, 0.25) is 6.29 Å². The Morgan fingerprint density at radius 1 is 1.83 bits per heavy atom. The normalized spacial score (nSPS) is 11.4. The van der Waals surface area contributed by atoms with Crippen LogP contribution in [0.25, 0.3) is 0 Å². The van der Waals surface area contributed by atoms with Gasteiger partial charge in [0.1, 0.15) is 11.6 Å². The lowest BCUT2D eigenvalue weighted by atomic mass is 10.3. The molecule has 66 valence electrons. The van der Waals surface area contributed by atoms with Crippen LogP contribution in [-0.2, 0) is 9.53 Å². The minimum absolute atomic E-state index is 0.301. The lowest BCUT2D eigenvalue weighted by Crippen LogP contribution is -2.17. The van der Waals surface area contributed by atoms with Crippen LogP contribution in [0.3, 0.4) is 0 Å². The van der Waals surface area contributed by atoms with Crippen LogP contribution in [0.4, 0.5) is 0 Å². The van der Waals surface area contributed by atoms with Gasteiger partial charge >= 0.3 is 5.97 Å². The zero-order valence-corrected chi connectivity index (χ0v) is 6.91. The summed E-state index contributed by atoms with van der Waals surface area (Å²) < 4.78 is 4.44. The number of nitriles is 1. The Bertz CT molecular complexity index is 217. The summed E-state index contributed by atoms with van der Waals surface area (Å²) in [6.07, 6.45) is -0.0645. The van der Waals surface area contributed by atoms with E-state index in [2.05, 4.69) is 11.3 Å². The van der Waals surface area contributed by atoms with E-state index in [1.165, 1.54) is 6.07 Å². The van der Waals surface area contributed by atoms with Crippen molar-refractivity contribution >= 4 is 5.97 Å². The van der Waals surface area contributed by atoms with E-state index >= 15 is 0 Å². The van der Waals surface area contributed by atoms with Crippen molar-refractivity contribution in [1.82, 2.24) is 0 Å². The van der Waals surface area contributed by atoms with Crippen molar-refractivity contribution in [3.63, 3.8) is 0 Å². The third-order valence-corrected chi connectivity index (χ3v) is 1.16. The molecule has 1 unspecified atom stereocenters. The van der Waals surface area contributed by atoms with Gasteiger partial charge in [-0.1, -0.05) is 19.9 Å². The van der Waals surface area contributed by atoms with Gasteiger partial charge in [0.15, 0.2) is 0 Å². The summed E-state index contributed by atoms with van der Waals surface area (Å²) in [4.78, 5) is 10.8. The number of hydrogen-bond donors (Lipinski definition) is 1. The predicted molar refractivity (Wildman–Crippen MR) is 41.8 cm³/mol. The highest BCUT2D eigenvalue weighted by Gasteiger charge is 2.12. The van der Waals surface area contributed by atoms with Crippen molar-refractivity contribution in [3.05, 3.63) is 12.2 Å². The van der Waals surface area contributed by atoms with Crippen LogP contribution in [0.1, 0.15) is 19.8 Å². The summed E-state index contributed by atoms with van der Waals surface area (Å²) >= 11 is 0. The lowest BCUT2D eigenvalue weighted by molar-refractivity contribution is -0.163. The first-order valence-electron chi connectivity index (χ1n) is 3.59. The van der Waals surface area contributed by atoms with Gasteiger partial charge in [-0.15, -0.1) is 0 Å². The Hall–Kier alpha value is -1.34. The molecule has 1 atom stereocenters. The Balaban J connectivity index is 3.86. The van der Waals surface area contributed by atoms with Crippen LogP contribution in [0.5, 0.6) is 0 Å². The van der Waals surface area contributed by atoms with Crippen molar-refractivity contribution in [3.8, 4) is 6.07 Å². The van der Waals surface area contributed by atoms with E-state index in [1.54, 1.807) is 0 Å². The van der Waals surface area contributed by atoms with E-state index in [1.807, 2.05) is 6.92 Å². The molecule has 0 bridgehead atoms. The van der Waals surface area contributed by atoms with Crippen LogP contribution in [0, 0.1) is 11.3 Å². The van der Waals surface area contributed by atoms with E-state index in [-0.39, 0.29) is 5.57 Å². The maximum Gasteiger partial charge on any atom is 0.350 e. The van der Waals surface area contributed by atoms with Crippen molar-refractivity contribution in [2.24, 2.45) is 0 Å². The molecule has 0 radical (unpaired) electrons. The monoisotopic (exact) mass is 169 g/mol. The maximum absolute atomic E-state index is 10.8. The minimum atomic E-state index is -1.13. The van der Waals surface area contributed by atoms with E-state index < -0.39 is 12.3 Å². The number of aliphatic hydroxyl groups is 1. The highest BCUT2D eigenvalue weighted by Crippen LogP contribution is 2.01. The number of esters is 1. The smallest absolute Gasteiger partial charge is 0.350 e. The summed E-state index contributed by atoms with van der Waals surface area (Å²) in [5.74, 6) is -0.863. The van der Waals surface area contributed by atoms with Crippen LogP contribution >= 0.6 is 0 Å². The third kappa shape index (κ3) is 3.74. The number of nitrogens with zero attached hydrogens (tertiary/aromatic N) is 1. The van der Waals surface area contributed by atoms with Gasteiger partial charge in [0.25, 0.3) is 0 Å². The van der Waals surface area contributed by atoms with Crippen molar-refractivity contribution in [2.45, 2.75) is 26.1 Å². The second-order valence-corrected chi connectivity index (χ2v) is 2.24. The molecule has 0 rings (SSSR count). The zero-order valence-electron chi connectivity index (χ0n) is 6.91. The van der Waals surface area contributed by atoms with E-state index in [0.717, 1.165) is 0 Å². The van der Waals surface area contributed by atoms with E-state index in [9.17, 15) is 4.79 Å². The molecule has 0 fully saturated rings. The average Bonchev–Trinajstić information content (AvgIpc) is 2.03. The summed E-state index contributed by atoms with van der Waals surface area (Å²) in [7, 11) is 0. The third-order valence-electron chi connectivity index (χ3n) is 1.16.